The molecule has 2 rings (SSSR count). The molecule has 1 heterocycles. The molecule has 18 heavy (non-hydrogen) atoms. The van der Waals surface area contributed by atoms with E-state index in [4.69, 9.17) is 5.73 Å². The van der Waals surface area contributed by atoms with Crippen molar-refractivity contribution in [1.82, 2.24) is 4.72 Å². The number of nitrogens with one attached hydrogen (secondary N) is 1. The van der Waals surface area contributed by atoms with Crippen LogP contribution in [0.15, 0.2) is 23.1 Å². The van der Waals surface area contributed by atoms with Crippen LogP contribution in [0.2, 0.25) is 0 Å². The molecule has 0 bridgehead atoms. The third-order valence-electron chi connectivity index (χ3n) is 2.79. The van der Waals surface area contributed by atoms with Crippen molar-refractivity contribution >= 4 is 27.5 Å². The van der Waals surface area contributed by atoms with E-state index in [0.29, 0.717) is 0 Å². The zero-order valence-electron chi connectivity index (χ0n) is 9.73. The lowest BCUT2D eigenvalue weighted by Crippen LogP contribution is -2.37. The van der Waals surface area contributed by atoms with Crippen molar-refractivity contribution in [3.63, 3.8) is 0 Å². The van der Waals surface area contributed by atoms with Crippen molar-refractivity contribution in [3.8, 4) is 0 Å². The van der Waals surface area contributed by atoms with E-state index in [1.807, 2.05) is 0 Å². The van der Waals surface area contributed by atoms with Crippen molar-refractivity contribution in [2.24, 2.45) is 0 Å². The van der Waals surface area contributed by atoms with Crippen LogP contribution in [0.5, 0.6) is 0 Å². The lowest BCUT2D eigenvalue weighted by atomic mass is 10.2. The van der Waals surface area contributed by atoms with Gasteiger partial charge in [-0.3, -0.25) is 0 Å². The van der Waals surface area contributed by atoms with Crippen LogP contribution >= 0.6 is 11.8 Å². The fourth-order valence-corrected chi connectivity index (χ4v) is 4.35. The van der Waals surface area contributed by atoms with Crippen molar-refractivity contribution in [2.75, 3.05) is 17.2 Å². The van der Waals surface area contributed by atoms with Crippen LogP contribution in [0.1, 0.15) is 12.8 Å². The Morgan fingerprint density at radius 2 is 2.00 bits per heavy atom. The van der Waals surface area contributed by atoms with Gasteiger partial charge < -0.3 is 5.73 Å². The third-order valence-corrected chi connectivity index (χ3v) is 5.37. The Morgan fingerprint density at radius 3 is 2.67 bits per heavy atom. The number of hydrogen-bond acceptors (Lipinski definition) is 4. The molecule has 100 valence electrons. The standard InChI is InChI=1S/C11H15FN2O2S2/c12-10-2-1-8(13)7-11(10)18(15,16)14-9-3-5-17-6-4-9/h1-2,7,9,14H,3-6,13H2. The van der Waals surface area contributed by atoms with Crippen LogP contribution in [-0.4, -0.2) is 26.0 Å². The minimum Gasteiger partial charge on any atom is -0.399 e. The molecule has 0 radical (unpaired) electrons. The predicted octanol–water partition coefficient (Wildman–Crippen LogP) is 1.58. The Bertz CT molecular complexity index is 528. The van der Waals surface area contributed by atoms with Crippen molar-refractivity contribution < 1.29 is 12.8 Å². The summed E-state index contributed by atoms with van der Waals surface area (Å²) >= 11 is 1.80. The summed E-state index contributed by atoms with van der Waals surface area (Å²) in [5, 5.41) is 0. The van der Waals surface area contributed by atoms with Gasteiger partial charge in [-0.15, -0.1) is 0 Å². The molecule has 0 amide bonds. The first kappa shape index (κ1) is 13.6. The zero-order valence-corrected chi connectivity index (χ0v) is 11.4. The molecular formula is C11H15FN2O2S2. The molecule has 1 aromatic carbocycles. The molecule has 0 unspecified atom stereocenters. The highest BCUT2D eigenvalue weighted by atomic mass is 32.2. The maximum atomic E-state index is 13.5. The Labute approximate surface area is 110 Å². The summed E-state index contributed by atoms with van der Waals surface area (Å²) < 4.78 is 40.2. The van der Waals surface area contributed by atoms with Gasteiger partial charge >= 0.3 is 0 Å². The van der Waals surface area contributed by atoms with Gasteiger partial charge in [0.2, 0.25) is 10.0 Å². The first-order valence-corrected chi connectivity index (χ1v) is 8.28. The summed E-state index contributed by atoms with van der Waals surface area (Å²) in [6, 6.07) is 3.44. The fraction of sp³-hybridized carbons (Fsp3) is 0.455. The maximum absolute atomic E-state index is 13.5. The zero-order chi connectivity index (χ0) is 13.2. The second-order valence-corrected chi connectivity index (χ2v) is 7.10. The second kappa shape index (κ2) is 5.46. The Morgan fingerprint density at radius 1 is 1.33 bits per heavy atom. The molecule has 7 heteroatoms. The molecule has 0 aliphatic carbocycles. The van der Waals surface area contributed by atoms with Gasteiger partial charge in [0.25, 0.3) is 0 Å². The highest BCUT2D eigenvalue weighted by Crippen LogP contribution is 2.21. The average molecular weight is 290 g/mol. The van der Waals surface area contributed by atoms with Crippen LogP contribution < -0.4 is 10.5 Å². The number of rotatable bonds is 3. The van der Waals surface area contributed by atoms with Gasteiger partial charge in [0.15, 0.2) is 0 Å². The lowest BCUT2D eigenvalue weighted by Gasteiger charge is -2.22. The highest BCUT2D eigenvalue weighted by molar-refractivity contribution is 7.99. The van der Waals surface area contributed by atoms with Crippen molar-refractivity contribution in [3.05, 3.63) is 24.0 Å². The van der Waals surface area contributed by atoms with E-state index < -0.39 is 15.8 Å². The molecule has 1 aliphatic rings. The highest BCUT2D eigenvalue weighted by Gasteiger charge is 2.24. The number of halogens is 1. The van der Waals surface area contributed by atoms with Gasteiger partial charge in [-0.25, -0.2) is 17.5 Å². The van der Waals surface area contributed by atoms with Crippen LogP contribution in [0.25, 0.3) is 0 Å². The van der Waals surface area contributed by atoms with Crippen LogP contribution in [0, 0.1) is 5.82 Å². The Balaban J connectivity index is 2.21. The summed E-state index contributed by atoms with van der Waals surface area (Å²) in [5.74, 6) is 1.07. The fourth-order valence-electron chi connectivity index (χ4n) is 1.82. The molecule has 1 fully saturated rings. The van der Waals surface area contributed by atoms with Gasteiger partial charge in [-0.2, -0.15) is 11.8 Å². The van der Waals surface area contributed by atoms with E-state index in [0.717, 1.165) is 36.5 Å². The predicted molar refractivity (Wildman–Crippen MR) is 71.5 cm³/mol. The molecule has 0 atom stereocenters. The molecule has 0 aromatic heterocycles. The summed E-state index contributed by atoms with van der Waals surface area (Å²) in [6.07, 6.45) is 1.54. The summed E-state index contributed by atoms with van der Waals surface area (Å²) in [4.78, 5) is -0.374. The molecular weight excluding hydrogens is 275 g/mol. The molecule has 1 saturated heterocycles. The molecule has 1 aliphatic heterocycles. The monoisotopic (exact) mass is 290 g/mol. The molecule has 0 saturated carbocycles. The normalized spacial score (nSPS) is 17.8. The number of anilines is 1. The second-order valence-electron chi connectivity index (χ2n) is 4.20. The van der Waals surface area contributed by atoms with Gasteiger partial charge in [0.05, 0.1) is 0 Å². The average Bonchev–Trinajstić information content (AvgIpc) is 2.33. The van der Waals surface area contributed by atoms with Crippen LogP contribution in [0.3, 0.4) is 0 Å². The number of benzene rings is 1. The SMILES string of the molecule is Nc1ccc(F)c(S(=O)(=O)NC2CCSCC2)c1. The van der Waals surface area contributed by atoms with E-state index in [-0.39, 0.29) is 16.6 Å². The smallest absolute Gasteiger partial charge is 0.243 e. The minimum absolute atomic E-state index is 0.114. The quantitative estimate of drug-likeness (QED) is 0.829. The summed E-state index contributed by atoms with van der Waals surface area (Å²) in [6.45, 7) is 0. The molecule has 0 spiro atoms. The minimum atomic E-state index is -3.83. The molecule has 3 N–H and O–H groups in total. The number of nitrogens with two attached hydrogens (primary N) is 1. The Hall–Kier alpha value is -0.790. The number of sulfonamides is 1. The maximum Gasteiger partial charge on any atom is 0.243 e. The lowest BCUT2D eigenvalue weighted by molar-refractivity contribution is 0.519. The van der Waals surface area contributed by atoms with E-state index >= 15 is 0 Å². The summed E-state index contributed by atoms with van der Waals surface area (Å²) in [5.41, 5.74) is 5.73. The van der Waals surface area contributed by atoms with E-state index in [9.17, 15) is 12.8 Å². The topological polar surface area (TPSA) is 72.2 Å². The van der Waals surface area contributed by atoms with Crippen LogP contribution in [0.4, 0.5) is 10.1 Å². The third kappa shape index (κ3) is 3.15. The van der Waals surface area contributed by atoms with E-state index in [1.54, 1.807) is 11.8 Å². The van der Waals surface area contributed by atoms with Crippen LogP contribution in [-0.2, 0) is 10.0 Å². The molecule has 1 aromatic rings. The first-order chi connectivity index (χ1) is 8.49. The van der Waals surface area contributed by atoms with E-state index in [1.165, 1.54) is 6.07 Å². The molecule has 4 nitrogen and oxygen atoms in total. The van der Waals surface area contributed by atoms with Crippen molar-refractivity contribution in [2.45, 2.75) is 23.8 Å². The van der Waals surface area contributed by atoms with Gasteiger partial charge in [0, 0.05) is 11.7 Å². The number of hydrogen-bond donors (Lipinski definition) is 2. The van der Waals surface area contributed by atoms with Gasteiger partial charge in [-0.1, -0.05) is 0 Å². The Kier molecular flexibility index (Phi) is 4.14. The van der Waals surface area contributed by atoms with E-state index in [2.05, 4.69) is 4.72 Å². The van der Waals surface area contributed by atoms with Gasteiger partial charge in [0.1, 0.15) is 10.7 Å². The number of nitrogen functional groups attached to an aromatic ring is 1. The van der Waals surface area contributed by atoms with Gasteiger partial charge in [-0.05, 0) is 42.5 Å². The van der Waals surface area contributed by atoms with Crippen molar-refractivity contribution in [1.29, 1.82) is 0 Å². The number of thioether (sulfide) groups is 1. The summed E-state index contributed by atoms with van der Waals surface area (Å²) in [7, 11) is -3.83. The largest absolute Gasteiger partial charge is 0.399 e. The first-order valence-electron chi connectivity index (χ1n) is 5.64.